The highest BCUT2D eigenvalue weighted by molar-refractivity contribution is 5.83. The van der Waals surface area contributed by atoms with E-state index in [9.17, 15) is 9.59 Å². The van der Waals surface area contributed by atoms with Gasteiger partial charge in [-0.15, -0.1) is 0 Å². The fourth-order valence-electron chi connectivity index (χ4n) is 4.94. The van der Waals surface area contributed by atoms with E-state index < -0.39 is 0 Å². The Hall–Kier alpha value is -3.08. The lowest BCUT2D eigenvalue weighted by Gasteiger charge is -2.08. The molecule has 0 radical (unpaired) electrons. The second-order valence-electron chi connectivity index (χ2n) is 10.8. The molecule has 0 amide bonds. The molecule has 40 heavy (non-hydrogen) atoms. The third-order valence-electron chi connectivity index (χ3n) is 7.39. The number of hydrogen-bond donors (Lipinski definition) is 0. The molecule has 3 aromatic rings. The highest BCUT2D eigenvalue weighted by atomic mass is 16.5. The van der Waals surface area contributed by atoms with Gasteiger partial charge in [0.1, 0.15) is 23.3 Å². The van der Waals surface area contributed by atoms with Crippen LogP contribution in [-0.4, -0.2) is 12.6 Å². The molecule has 0 aliphatic heterocycles. The maximum atomic E-state index is 13.2. The van der Waals surface area contributed by atoms with Crippen LogP contribution in [0.2, 0.25) is 0 Å². The van der Waals surface area contributed by atoms with Gasteiger partial charge < -0.3 is 13.9 Å². The number of carbonyl (C=O) groups excluding carboxylic acids is 1. The summed E-state index contributed by atoms with van der Waals surface area (Å²) < 4.78 is 17.2. The predicted octanol–water partition coefficient (Wildman–Crippen LogP) is 10.0. The highest BCUT2D eigenvalue weighted by Crippen LogP contribution is 2.25. The Morgan fingerprint density at radius 2 is 1.27 bits per heavy atom. The molecule has 0 fully saturated rings. The van der Waals surface area contributed by atoms with E-state index in [1.807, 2.05) is 24.3 Å². The van der Waals surface area contributed by atoms with Crippen LogP contribution in [0.1, 0.15) is 117 Å². The minimum atomic E-state index is -0.253. The first-order valence-corrected chi connectivity index (χ1v) is 15.6. The lowest BCUT2D eigenvalue weighted by molar-refractivity contribution is -0.134. The number of benzene rings is 2. The van der Waals surface area contributed by atoms with Gasteiger partial charge in [0.25, 0.3) is 0 Å². The van der Waals surface area contributed by atoms with Crippen molar-refractivity contribution in [3.05, 3.63) is 59.0 Å². The maximum absolute atomic E-state index is 13.2. The number of fused-ring (bicyclic) bond motifs is 1. The van der Waals surface area contributed by atoms with Gasteiger partial charge in [-0.05, 0) is 42.7 Å². The number of rotatable bonds is 20. The van der Waals surface area contributed by atoms with Gasteiger partial charge in [-0.2, -0.15) is 0 Å². The molecule has 218 valence electrons. The predicted molar refractivity (Wildman–Crippen MR) is 164 cm³/mol. The highest BCUT2D eigenvalue weighted by Gasteiger charge is 2.12. The Kier molecular flexibility index (Phi) is 14.4. The number of carbonyl (C=O) groups is 1. The van der Waals surface area contributed by atoms with E-state index in [4.69, 9.17) is 13.9 Å². The third kappa shape index (κ3) is 10.8. The second-order valence-corrected chi connectivity index (χ2v) is 10.8. The van der Waals surface area contributed by atoms with Crippen LogP contribution in [0.25, 0.3) is 22.1 Å². The molecule has 1 aromatic heterocycles. The van der Waals surface area contributed by atoms with Crippen LogP contribution in [-0.2, 0) is 4.79 Å². The zero-order valence-corrected chi connectivity index (χ0v) is 24.7. The van der Waals surface area contributed by atoms with Crippen molar-refractivity contribution >= 4 is 16.9 Å². The molecule has 0 aliphatic rings. The van der Waals surface area contributed by atoms with Gasteiger partial charge in [-0.3, -0.25) is 9.59 Å². The largest absolute Gasteiger partial charge is 0.494 e. The minimum Gasteiger partial charge on any atom is -0.494 e. The molecular formula is C35H48O5. The van der Waals surface area contributed by atoms with Crippen molar-refractivity contribution in [3.8, 4) is 22.6 Å². The molecule has 0 aliphatic carbocycles. The number of hydrogen-bond acceptors (Lipinski definition) is 5. The summed E-state index contributed by atoms with van der Waals surface area (Å²) in [5, 5.41) is 0.458. The van der Waals surface area contributed by atoms with Gasteiger partial charge in [0.05, 0.1) is 17.6 Å². The summed E-state index contributed by atoms with van der Waals surface area (Å²) in [6.45, 7) is 5.16. The van der Waals surface area contributed by atoms with E-state index in [0.717, 1.165) is 37.0 Å². The summed E-state index contributed by atoms with van der Waals surface area (Å²) >= 11 is 0. The van der Waals surface area contributed by atoms with Gasteiger partial charge in [0, 0.05) is 12.5 Å². The Morgan fingerprint density at radius 3 is 1.93 bits per heavy atom. The lowest BCUT2D eigenvalue weighted by atomic mass is 10.1. The molecule has 2 aromatic carbocycles. The topological polar surface area (TPSA) is 65.7 Å². The molecule has 1 heterocycles. The number of ether oxygens (including phenoxy) is 2. The van der Waals surface area contributed by atoms with Gasteiger partial charge in [-0.1, -0.05) is 109 Å². The first-order valence-electron chi connectivity index (χ1n) is 15.6. The maximum Gasteiger partial charge on any atom is 0.311 e. The number of unbranched alkanes of at least 4 members (excludes halogenated alkanes) is 13. The molecular weight excluding hydrogens is 500 g/mol. The second kappa shape index (κ2) is 18.3. The van der Waals surface area contributed by atoms with Crippen LogP contribution in [0.4, 0.5) is 0 Å². The van der Waals surface area contributed by atoms with Crippen molar-refractivity contribution in [2.24, 2.45) is 0 Å². The lowest BCUT2D eigenvalue weighted by Crippen LogP contribution is -2.08. The van der Waals surface area contributed by atoms with Gasteiger partial charge in [0.2, 0.25) is 0 Å². The zero-order chi connectivity index (χ0) is 28.4. The summed E-state index contributed by atoms with van der Waals surface area (Å²) in [6, 6.07) is 12.5. The molecule has 0 saturated heterocycles. The molecule has 0 saturated carbocycles. The average molecular weight is 549 g/mol. The van der Waals surface area contributed by atoms with Crippen LogP contribution in [0, 0.1) is 0 Å². The fourth-order valence-corrected chi connectivity index (χ4v) is 4.94. The van der Waals surface area contributed by atoms with Crippen LogP contribution >= 0.6 is 0 Å². The third-order valence-corrected chi connectivity index (χ3v) is 7.39. The van der Waals surface area contributed by atoms with Crippen molar-refractivity contribution in [1.82, 2.24) is 0 Å². The summed E-state index contributed by atoms with van der Waals surface area (Å²) in [5.41, 5.74) is 1.56. The summed E-state index contributed by atoms with van der Waals surface area (Å²) in [4.78, 5) is 25.4. The normalized spacial score (nSPS) is 11.2. The van der Waals surface area contributed by atoms with Gasteiger partial charge in [0.15, 0.2) is 5.43 Å². The van der Waals surface area contributed by atoms with Crippen molar-refractivity contribution in [1.29, 1.82) is 0 Å². The van der Waals surface area contributed by atoms with E-state index in [0.29, 0.717) is 35.3 Å². The molecule has 0 spiro atoms. The summed E-state index contributed by atoms with van der Waals surface area (Å²) in [7, 11) is 0. The Bertz CT molecular complexity index is 1190. The van der Waals surface area contributed by atoms with Crippen molar-refractivity contribution in [2.45, 2.75) is 117 Å². The molecule has 0 N–H and O–H groups in total. The van der Waals surface area contributed by atoms with Crippen molar-refractivity contribution < 1.29 is 18.7 Å². The van der Waals surface area contributed by atoms with E-state index in [-0.39, 0.29) is 11.4 Å². The Morgan fingerprint density at radius 1 is 0.700 bits per heavy atom. The minimum absolute atomic E-state index is 0.116. The standard InChI is InChI=1S/C35H48O5/c1-3-5-7-9-11-13-15-17-25-38-29-21-19-28(20-22-29)32-27-39-33-26-30(23-24-31(33)35(32)37)40-34(36)18-16-14-12-10-8-6-4-2/h19-24,26-27H,3-18,25H2,1-2H3. The molecule has 5 nitrogen and oxygen atoms in total. The van der Waals surface area contributed by atoms with Crippen LogP contribution < -0.4 is 14.9 Å². The molecule has 5 heteroatoms. The van der Waals surface area contributed by atoms with E-state index in [1.54, 1.807) is 18.2 Å². The zero-order valence-electron chi connectivity index (χ0n) is 24.7. The summed E-state index contributed by atoms with van der Waals surface area (Å²) in [5.74, 6) is 0.950. The van der Waals surface area contributed by atoms with Gasteiger partial charge in [-0.25, -0.2) is 0 Å². The average Bonchev–Trinajstić information content (AvgIpc) is 2.96. The van der Waals surface area contributed by atoms with Crippen molar-refractivity contribution in [2.75, 3.05) is 6.61 Å². The monoisotopic (exact) mass is 548 g/mol. The number of esters is 1. The fraction of sp³-hybridized carbons (Fsp3) is 0.543. The molecule has 0 atom stereocenters. The van der Waals surface area contributed by atoms with Crippen molar-refractivity contribution in [3.63, 3.8) is 0 Å². The van der Waals surface area contributed by atoms with Gasteiger partial charge >= 0.3 is 5.97 Å². The smallest absolute Gasteiger partial charge is 0.311 e. The SMILES string of the molecule is CCCCCCCCCCOc1ccc(-c2coc3cc(OC(=O)CCCCCCCCC)ccc3c2=O)cc1. The quantitative estimate of drug-likeness (QED) is 0.0798. The van der Waals surface area contributed by atoms with E-state index in [1.165, 1.54) is 76.9 Å². The summed E-state index contributed by atoms with van der Waals surface area (Å²) in [6.07, 6.45) is 20.1. The van der Waals surface area contributed by atoms with E-state index in [2.05, 4.69) is 13.8 Å². The molecule has 0 bridgehead atoms. The van der Waals surface area contributed by atoms with Crippen LogP contribution in [0.3, 0.4) is 0 Å². The Balaban J connectivity index is 1.46. The molecule has 0 unspecified atom stereocenters. The van der Waals surface area contributed by atoms with E-state index >= 15 is 0 Å². The first kappa shape index (κ1) is 31.4. The van der Waals surface area contributed by atoms with Crippen LogP contribution in [0.5, 0.6) is 11.5 Å². The Labute approximate surface area is 240 Å². The van der Waals surface area contributed by atoms with Crippen LogP contribution in [0.15, 0.2) is 57.9 Å². The first-order chi connectivity index (χ1) is 19.6. The molecule has 3 rings (SSSR count).